The van der Waals surface area contributed by atoms with Crippen LogP contribution in [0.1, 0.15) is 71.6 Å². The maximum Gasteiger partial charge on any atom is -0.0295 e. The van der Waals surface area contributed by atoms with Crippen LogP contribution < -0.4 is 0 Å². The molecule has 0 heteroatoms. The van der Waals surface area contributed by atoms with Gasteiger partial charge in [0.25, 0.3) is 0 Å². The predicted molar refractivity (Wildman–Crippen MR) is 64.5 cm³/mol. The molecule has 0 fully saturated rings. The molecular weight excluding hydrogens is 168 g/mol. The molecular formula is C14H26. The van der Waals surface area contributed by atoms with Crippen LogP contribution >= 0.6 is 0 Å². The summed E-state index contributed by atoms with van der Waals surface area (Å²) in [4.78, 5) is 0. The van der Waals surface area contributed by atoms with Crippen molar-refractivity contribution in [1.29, 1.82) is 0 Å². The average molecular weight is 194 g/mol. The lowest BCUT2D eigenvalue weighted by Gasteiger charge is -2.14. The van der Waals surface area contributed by atoms with Gasteiger partial charge in [0.1, 0.15) is 0 Å². The second-order valence-electron chi connectivity index (χ2n) is 4.90. The highest BCUT2D eigenvalue weighted by atomic mass is 14.2. The van der Waals surface area contributed by atoms with Gasteiger partial charge in [-0.3, -0.25) is 0 Å². The zero-order valence-electron chi connectivity index (χ0n) is 10.0. The van der Waals surface area contributed by atoms with Crippen LogP contribution in [0.4, 0.5) is 0 Å². The second-order valence-corrected chi connectivity index (χ2v) is 4.90. The number of unbranched alkanes of at least 4 members (excludes halogenated alkanes) is 3. The third-order valence-corrected chi connectivity index (χ3v) is 3.39. The predicted octanol–water partition coefficient (Wildman–Crippen LogP) is 5.09. The summed E-state index contributed by atoms with van der Waals surface area (Å²) >= 11 is 0. The van der Waals surface area contributed by atoms with Gasteiger partial charge in [0, 0.05) is 0 Å². The van der Waals surface area contributed by atoms with E-state index < -0.39 is 0 Å². The van der Waals surface area contributed by atoms with E-state index in [9.17, 15) is 0 Å². The fourth-order valence-corrected chi connectivity index (χ4v) is 2.50. The first-order chi connectivity index (χ1) is 6.83. The minimum Gasteiger partial charge on any atom is -0.0856 e. The lowest BCUT2D eigenvalue weighted by atomic mass is 9.92. The highest BCUT2D eigenvalue weighted by Crippen LogP contribution is 2.27. The van der Waals surface area contributed by atoms with E-state index in [0.717, 1.165) is 5.92 Å². The van der Waals surface area contributed by atoms with Crippen molar-refractivity contribution >= 4 is 0 Å². The molecule has 1 unspecified atom stereocenters. The summed E-state index contributed by atoms with van der Waals surface area (Å²) in [5.74, 6) is 1.01. The minimum atomic E-state index is 1.01. The van der Waals surface area contributed by atoms with Crippen molar-refractivity contribution in [2.45, 2.75) is 71.6 Å². The van der Waals surface area contributed by atoms with E-state index in [2.05, 4.69) is 19.9 Å². The summed E-state index contributed by atoms with van der Waals surface area (Å²) < 4.78 is 0. The molecule has 0 amide bonds. The van der Waals surface area contributed by atoms with Gasteiger partial charge in [-0.05, 0) is 38.5 Å². The molecule has 0 bridgehead atoms. The molecule has 82 valence electrons. The Bertz CT molecular complexity index is 167. The zero-order chi connectivity index (χ0) is 10.2. The van der Waals surface area contributed by atoms with Crippen molar-refractivity contribution in [3.8, 4) is 0 Å². The Hall–Kier alpha value is -0.260. The lowest BCUT2D eigenvalue weighted by Crippen LogP contribution is -1.99. The molecule has 0 aromatic rings. The van der Waals surface area contributed by atoms with E-state index in [1.807, 2.05) is 0 Å². The van der Waals surface area contributed by atoms with Crippen LogP contribution in [0, 0.1) is 5.92 Å². The standard InChI is InChI=1S/C14H26/c1-3-4-5-6-10-14-11-8-7-9-13(2)12-14/h9,14H,3-8,10-12H2,1-2H3. The molecule has 0 spiro atoms. The highest BCUT2D eigenvalue weighted by molar-refractivity contribution is 5.01. The molecule has 0 nitrogen and oxygen atoms in total. The van der Waals surface area contributed by atoms with Crippen LogP contribution in [-0.2, 0) is 0 Å². The van der Waals surface area contributed by atoms with Gasteiger partial charge in [0.15, 0.2) is 0 Å². The van der Waals surface area contributed by atoms with Crippen molar-refractivity contribution < 1.29 is 0 Å². The van der Waals surface area contributed by atoms with Gasteiger partial charge in [-0.2, -0.15) is 0 Å². The molecule has 1 rings (SSSR count). The summed E-state index contributed by atoms with van der Waals surface area (Å²) in [5.41, 5.74) is 1.64. The maximum absolute atomic E-state index is 2.45. The molecule has 0 aromatic carbocycles. The summed E-state index contributed by atoms with van der Waals surface area (Å²) in [6.07, 6.45) is 15.3. The van der Waals surface area contributed by atoms with Crippen LogP contribution in [0.15, 0.2) is 11.6 Å². The first-order valence-corrected chi connectivity index (χ1v) is 6.48. The second kappa shape index (κ2) is 7.09. The first kappa shape index (κ1) is 11.8. The van der Waals surface area contributed by atoms with Crippen molar-refractivity contribution in [2.24, 2.45) is 5.92 Å². The van der Waals surface area contributed by atoms with E-state index in [0.29, 0.717) is 0 Å². The summed E-state index contributed by atoms with van der Waals surface area (Å²) in [6.45, 7) is 4.60. The zero-order valence-corrected chi connectivity index (χ0v) is 10.0. The highest BCUT2D eigenvalue weighted by Gasteiger charge is 2.11. The quantitative estimate of drug-likeness (QED) is 0.422. The fraction of sp³-hybridized carbons (Fsp3) is 0.857. The molecule has 1 aliphatic rings. The van der Waals surface area contributed by atoms with Crippen LogP contribution in [0.3, 0.4) is 0 Å². The maximum atomic E-state index is 2.45. The number of hydrogen-bond acceptors (Lipinski definition) is 0. The van der Waals surface area contributed by atoms with Gasteiger partial charge in [0.2, 0.25) is 0 Å². The smallest absolute Gasteiger partial charge is 0.0295 e. The van der Waals surface area contributed by atoms with Crippen LogP contribution in [0.2, 0.25) is 0 Å². The summed E-state index contributed by atoms with van der Waals surface area (Å²) in [6, 6.07) is 0. The Balaban J connectivity index is 2.13. The monoisotopic (exact) mass is 194 g/mol. The lowest BCUT2D eigenvalue weighted by molar-refractivity contribution is 0.421. The first-order valence-electron chi connectivity index (χ1n) is 6.48. The fourth-order valence-electron chi connectivity index (χ4n) is 2.50. The Morgan fingerprint density at radius 2 is 2.14 bits per heavy atom. The SMILES string of the molecule is CCCCCCC1CCCC=C(C)C1. The Morgan fingerprint density at radius 1 is 1.29 bits per heavy atom. The van der Waals surface area contributed by atoms with E-state index in [-0.39, 0.29) is 0 Å². The topological polar surface area (TPSA) is 0 Å². The molecule has 0 saturated carbocycles. The van der Waals surface area contributed by atoms with Crippen LogP contribution in [-0.4, -0.2) is 0 Å². The van der Waals surface area contributed by atoms with E-state index in [4.69, 9.17) is 0 Å². The van der Waals surface area contributed by atoms with E-state index in [1.54, 1.807) is 5.57 Å². The van der Waals surface area contributed by atoms with E-state index in [1.165, 1.54) is 57.8 Å². The number of hydrogen-bond donors (Lipinski definition) is 0. The number of allylic oxidation sites excluding steroid dienone is 2. The molecule has 0 heterocycles. The third kappa shape index (κ3) is 4.83. The molecule has 0 aliphatic heterocycles. The van der Waals surface area contributed by atoms with Crippen molar-refractivity contribution in [2.75, 3.05) is 0 Å². The Morgan fingerprint density at radius 3 is 2.93 bits per heavy atom. The third-order valence-electron chi connectivity index (χ3n) is 3.39. The van der Waals surface area contributed by atoms with Crippen LogP contribution in [0.25, 0.3) is 0 Å². The molecule has 1 atom stereocenters. The van der Waals surface area contributed by atoms with Gasteiger partial charge < -0.3 is 0 Å². The number of rotatable bonds is 5. The van der Waals surface area contributed by atoms with Crippen molar-refractivity contribution in [3.63, 3.8) is 0 Å². The Kier molecular flexibility index (Phi) is 5.98. The Labute approximate surface area is 89.8 Å². The van der Waals surface area contributed by atoms with Crippen molar-refractivity contribution in [3.05, 3.63) is 11.6 Å². The molecule has 0 radical (unpaired) electrons. The average Bonchev–Trinajstić information content (AvgIpc) is 2.38. The summed E-state index contributed by atoms with van der Waals surface area (Å²) in [7, 11) is 0. The van der Waals surface area contributed by atoms with Gasteiger partial charge in [0.05, 0.1) is 0 Å². The van der Waals surface area contributed by atoms with Crippen LogP contribution in [0.5, 0.6) is 0 Å². The van der Waals surface area contributed by atoms with E-state index >= 15 is 0 Å². The summed E-state index contributed by atoms with van der Waals surface area (Å²) in [5, 5.41) is 0. The minimum absolute atomic E-state index is 1.01. The normalized spacial score (nSPS) is 23.0. The van der Waals surface area contributed by atoms with Gasteiger partial charge in [-0.25, -0.2) is 0 Å². The largest absolute Gasteiger partial charge is 0.0856 e. The van der Waals surface area contributed by atoms with Gasteiger partial charge in [-0.15, -0.1) is 0 Å². The molecule has 14 heavy (non-hydrogen) atoms. The molecule has 0 aromatic heterocycles. The molecule has 0 saturated heterocycles. The molecule has 0 N–H and O–H groups in total. The van der Waals surface area contributed by atoms with Gasteiger partial charge in [-0.1, -0.05) is 50.7 Å². The van der Waals surface area contributed by atoms with Gasteiger partial charge >= 0.3 is 0 Å². The van der Waals surface area contributed by atoms with Crippen molar-refractivity contribution in [1.82, 2.24) is 0 Å². The molecule has 1 aliphatic carbocycles.